The maximum atomic E-state index is 12.0. The molecule has 0 heterocycles. The maximum absolute atomic E-state index is 12.0. The minimum Gasteiger partial charge on any atom is -0.328 e. The second-order valence-electron chi connectivity index (χ2n) is 2.52. The van der Waals surface area contributed by atoms with E-state index in [0.29, 0.717) is 12.1 Å². The van der Waals surface area contributed by atoms with Crippen molar-refractivity contribution >= 4 is 12.1 Å². The van der Waals surface area contributed by atoms with Crippen LogP contribution in [0.3, 0.4) is 0 Å². The Morgan fingerprint density at radius 2 is 2.00 bits per heavy atom. The van der Waals surface area contributed by atoms with E-state index in [0.717, 1.165) is 19.3 Å². The van der Waals surface area contributed by atoms with Crippen LogP contribution in [0, 0.1) is 0 Å². The van der Waals surface area contributed by atoms with Gasteiger partial charge in [-0.25, -0.2) is 0 Å². The molecule has 0 amide bonds. The molecule has 0 bridgehead atoms. The lowest BCUT2D eigenvalue weighted by Gasteiger charge is -2.13. The predicted molar refractivity (Wildman–Crippen MR) is 45.7 cm³/mol. The Kier molecular flexibility index (Phi) is 6.13. The summed E-state index contributed by atoms with van der Waals surface area (Å²) < 4.78 is 12.0. The van der Waals surface area contributed by atoms with Crippen molar-refractivity contribution in [3.8, 4) is 0 Å². The minimum atomic E-state index is 0.106. The van der Waals surface area contributed by atoms with Crippen LogP contribution in [0.1, 0.15) is 33.1 Å². The van der Waals surface area contributed by atoms with Crippen molar-refractivity contribution in [2.45, 2.75) is 44.4 Å². The van der Waals surface area contributed by atoms with Gasteiger partial charge in [0, 0.05) is 23.4 Å². The molecule has 0 aliphatic carbocycles. The molecule has 0 saturated carbocycles. The predicted octanol–water partition coefficient (Wildman–Crippen LogP) is 2.51. The molecule has 0 radical (unpaired) electrons. The Labute approximate surface area is 66.9 Å². The Balaban J connectivity index is 3.41. The molecule has 62 valence electrons. The zero-order chi connectivity index (χ0) is 7.98. The van der Waals surface area contributed by atoms with Gasteiger partial charge in [-0.1, -0.05) is 13.8 Å². The summed E-state index contributed by atoms with van der Waals surface area (Å²) in [5.74, 6) is 0. The van der Waals surface area contributed by atoms with Crippen molar-refractivity contribution in [1.82, 2.24) is 0 Å². The van der Waals surface area contributed by atoms with Crippen molar-refractivity contribution in [3.05, 3.63) is 0 Å². The summed E-state index contributed by atoms with van der Waals surface area (Å²) in [5, 5.41) is 0.106. The van der Waals surface area contributed by atoms with Gasteiger partial charge in [-0.2, -0.15) is 3.89 Å². The zero-order valence-corrected chi connectivity index (χ0v) is 7.46. The first-order valence-electron chi connectivity index (χ1n) is 3.77. The van der Waals surface area contributed by atoms with Gasteiger partial charge in [0.2, 0.25) is 0 Å². The average molecular weight is 165 g/mol. The van der Waals surface area contributed by atoms with Crippen LogP contribution in [0.2, 0.25) is 0 Å². The highest BCUT2D eigenvalue weighted by Crippen LogP contribution is 2.20. The second-order valence-corrected chi connectivity index (χ2v) is 3.37. The standard InChI is InChI=1S/C7H16FNS/c1-3-6(9)5-7(4-2)10-8/h6-7H,3-5,9H2,1-2H3. The number of nitrogens with two attached hydrogens (primary N) is 1. The normalized spacial score (nSPS) is 16.8. The van der Waals surface area contributed by atoms with Crippen LogP contribution in [0.5, 0.6) is 0 Å². The first-order valence-corrected chi connectivity index (χ1v) is 4.55. The van der Waals surface area contributed by atoms with Gasteiger partial charge in [0.1, 0.15) is 0 Å². The molecule has 1 nitrogen and oxygen atoms in total. The lowest BCUT2D eigenvalue weighted by molar-refractivity contribution is 0.567. The molecular formula is C7H16FNS. The van der Waals surface area contributed by atoms with Gasteiger partial charge in [0.15, 0.2) is 0 Å². The van der Waals surface area contributed by atoms with Gasteiger partial charge >= 0.3 is 0 Å². The number of hydrogen-bond acceptors (Lipinski definition) is 2. The molecule has 0 saturated heterocycles. The molecule has 0 rings (SSSR count). The van der Waals surface area contributed by atoms with Gasteiger partial charge in [-0.15, -0.1) is 0 Å². The van der Waals surface area contributed by atoms with Gasteiger partial charge in [-0.05, 0) is 19.3 Å². The molecule has 0 aromatic rings. The molecule has 0 aromatic carbocycles. The smallest absolute Gasteiger partial charge is 0.0477 e. The van der Waals surface area contributed by atoms with E-state index in [2.05, 4.69) is 0 Å². The van der Waals surface area contributed by atoms with E-state index < -0.39 is 0 Å². The summed E-state index contributed by atoms with van der Waals surface area (Å²) in [4.78, 5) is 0. The molecule has 0 fully saturated rings. The largest absolute Gasteiger partial charge is 0.328 e. The summed E-state index contributed by atoms with van der Waals surface area (Å²) in [7, 11) is 0. The van der Waals surface area contributed by atoms with E-state index in [4.69, 9.17) is 5.73 Å². The van der Waals surface area contributed by atoms with Gasteiger partial charge in [0.25, 0.3) is 0 Å². The molecule has 0 aliphatic rings. The Bertz CT molecular complexity index is 76.0. The third kappa shape index (κ3) is 4.12. The van der Waals surface area contributed by atoms with Crippen molar-refractivity contribution in [3.63, 3.8) is 0 Å². The zero-order valence-electron chi connectivity index (χ0n) is 6.64. The summed E-state index contributed by atoms with van der Waals surface area (Å²) >= 11 is 0.434. The third-order valence-electron chi connectivity index (χ3n) is 1.67. The average Bonchev–Trinajstić information content (AvgIpc) is 1.99. The minimum absolute atomic E-state index is 0.106. The summed E-state index contributed by atoms with van der Waals surface area (Å²) in [6, 6.07) is 0.174. The first kappa shape index (κ1) is 10.2. The fraction of sp³-hybridized carbons (Fsp3) is 1.00. The number of hydrogen-bond donors (Lipinski definition) is 1. The van der Waals surface area contributed by atoms with Crippen molar-refractivity contribution in [2.75, 3.05) is 0 Å². The van der Waals surface area contributed by atoms with Crippen LogP contribution < -0.4 is 5.73 Å². The van der Waals surface area contributed by atoms with Crippen LogP contribution in [0.25, 0.3) is 0 Å². The van der Waals surface area contributed by atoms with E-state index in [9.17, 15) is 3.89 Å². The summed E-state index contributed by atoms with van der Waals surface area (Å²) in [6.07, 6.45) is 2.61. The Morgan fingerprint density at radius 3 is 2.30 bits per heavy atom. The SMILES string of the molecule is CCC(N)CC(CC)SF. The first-order chi connectivity index (χ1) is 4.74. The van der Waals surface area contributed by atoms with E-state index in [1.807, 2.05) is 13.8 Å². The molecule has 0 spiro atoms. The van der Waals surface area contributed by atoms with Crippen LogP contribution in [-0.2, 0) is 0 Å². The monoisotopic (exact) mass is 165 g/mol. The highest BCUT2D eigenvalue weighted by Gasteiger charge is 2.10. The van der Waals surface area contributed by atoms with Gasteiger partial charge in [-0.3, -0.25) is 0 Å². The molecule has 10 heavy (non-hydrogen) atoms. The van der Waals surface area contributed by atoms with Gasteiger partial charge in [0.05, 0.1) is 0 Å². The highest BCUT2D eigenvalue weighted by atomic mass is 32.2. The lowest BCUT2D eigenvalue weighted by Crippen LogP contribution is -2.23. The molecule has 0 aromatic heterocycles. The Morgan fingerprint density at radius 1 is 1.40 bits per heavy atom. The van der Waals surface area contributed by atoms with Crippen molar-refractivity contribution < 1.29 is 3.89 Å². The fourth-order valence-corrected chi connectivity index (χ4v) is 1.22. The van der Waals surface area contributed by atoms with E-state index in [1.165, 1.54) is 0 Å². The molecule has 2 atom stereocenters. The summed E-state index contributed by atoms with van der Waals surface area (Å²) in [5.41, 5.74) is 5.64. The van der Waals surface area contributed by atoms with E-state index in [-0.39, 0.29) is 11.3 Å². The van der Waals surface area contributed by atoms with Crippen LogP contribution in [-0.4, -0.2) is 11.3 Å². The van der Waals surface area contributed by atoms with Crippen LogP contribution in [0.15, 0.2) is 0 Å². The highest BCUT2D eigenvalue weighted by molar-refractivity contribution is 7.94. The quantitative estimate of drug-likeness (QED) is 0.677. The topological polar surface area (TPSA) is 26.0 Å². The third-order valence-corrected chi connectivity index (χ3v) is 2.45. The number of halogens is 1. The van der Waals surface area contributed by atoms with E-state index in [1.54, 1.807) is 0 Å². The van der Waals surface area contributed by atoms with E-state index >= 15 is 0 Å². The van der Waals surface area contributed by atoms with Gasteiger partial charge < -0.3 is 5.73 Å². The van der Waals surface area contributed by atoms with Crippen LogP contribution in [0.4, 0.5) is 3.89 Å². The summed E-state index contributed by atoms with van der Waals surface area (Å²) in [6.45, 7) is 4.01. The van der Waals surface area contributed by atoms with Crippen molar-refractivity contribution in [2.24, 2.45) is 5.73 Å². The molecule has 2 N–H and O–H groups in total. The lowest BCUT2D eigenvalue weighted by atomic mass is 10.1. The fourth-order valence-electron chi connectivity index (χ4n) is 0.770. The molecule has 3 heteroatoms. The molecular weight excluding hydrogens is 149 g/mol. The molecule has 2 unspecified atom stereocenters. The molecule has 0 aliphatic heterocycles. The van der Waals surface area contributed by atoms with Crippen molar-refractivity contribution in [1.29, 1.82) is 0 Å². The maximum Gasteiger partial charge on any atom is 0.0477 e. The Hall–Kier alpha value is 0.240. The van der Waals surface area contributed by atoms with Crippen LogP contribution >= 0.6 is 12.1 Å². The number of rotatable bonds is 5. The second kappa shape index (κ2) is 5.98.